The second-order valence-corrected chi connectivity index (χ2v) is 3.53. The molecule has 1 amide bonds. The summed E-state index contributed by atoms with van der Waals surface area (Å²) in [4.78, 5) is 10.9. The summed E-state index contributed by atoms with van der Waals surface area (Å²) in [5.41, 5.74) is 1.06. The van der Waals surface area contributed by atoms with Gasteiger partial charge in [-0.15, -0.1) is 0 Å². The number of hydrogen-bond acceptors (Lipinski definition) is 4. The van der Waals surface area contributed by atoms with Crippen molar-refractivity contribution in [1.82, 2.24) is 0 Å². The molecule has 0 aliphatic heterocycles. The molecule has 2 N–H and O–H groups in total. The number of carbonyl (C=O) groups is 1. The zero-order valence-corrected chi connectivity index (χ0v) is 9.07. The Labute approximate surface area is 96.8 Å². The monoisotopic (exact) mass is 227 g/mol. The maximum absolute atomic E-state index is 10.9. The largest absolute Gasteiger partial charge is 0.438 e. The lowest BCUT2D eigenvalue weighted by Crippen LogP contribution is -2.06. The molecule has 17 heavy (non-hydrogen) atoms. The maximum Gasteiger partial charge on any atom is 0.229 e. The zero-order valence-electron chi connectivity index (χ0n) is 9.07. The van der Waals surface area contributed by atoms with Gasteiger partial charge in [-0.3, -0.25) is 10.2 Å². The Morgan fingerprint density at radius 3 is 2.88 bits per heavy atom. The van der Waals surface area contributed by atoms with Gasteiger partial charge in [-0.25, -0.2) is 0 Å². The van der Waals surface area contributed by atoms with Crippen LogP contribution in [0.3, 0.4) is 0 Å². The number of carbonyl (C=O) groups excluding carboxylic acids is 1. The molecule has 0 aliphatic carbocycles. The highest BCUT2D eigenvalue weighted by molar-refractivity contribution is 5.91. The van der Waals surface area contributed by atoms with E-state index >= 15 is 0 Å². The fourth-order valence-electron chi connectivity index (χ4n) is 1.49. The summed E-state index contributed by atoms with van der Waals surface area (Å²) in [6, 6.07) is 8.53. The first-order valence-electron chi connectivity index (χ1n) is 4.90. The van der Waals surface area contributed by atoms with Crippen molar-refractivity contribution < 1.29 is 9.21 Å². The number of nitriles is 1. The lowest BCUT2D eigenvalue weighted by Gasteiger charge is -2.03. The van der Waals surface area contributed by atoms with E-state index in [4.69, 9.17) is 15.1 Å². The lowest BCUT2D eigenvalue weighted by atomic mass is 10.2. The van der Waals surface area contributed by atoms with Gasteiger partial charge in [-0.2, -0.15) is 5.26 Å². The molecule has 0 aliphatic rings. The van der Waals surface area contributed by atoms with Crippen LogP contribution >= 0.6 is 0 Å². The topological polar surface area (TPSA) is 89.9 Å². The predicted molar refractivity (Wildman–Crippen MR) is 61.1 cm³/mol. The quantitative estimate of drug-likeness (QED) is 0.777. The fraction of sp³-hybridized carbons (Fsp3) is 0.0833. The molecule has 84 valence electrons. The Bertz CT molecular complexity index is 695. The number of hydrogen-bond donors (Lipinski definition) is 2. The predicted octanol–water partition coefficient (Wildman–Crippen LogP) is 1.74. The number of amides is 1. The van der Waals surface area contributed by atoms with Crippen molar-refractivity contribution >= 4 is 22.6 Å². The van der Waals surface area contributed by atoms with Crippen molar-refractivity contribution in [3.05, 3.63) is 35.4 Å². The molecule has 1 heterocycles. The summed E-state index contributed by atoms with van der Waals surface area (Å²) in [5.74, 6) is -0.177. The highest BCUT2D eigenvalue weighted by Crippen LogP contribution is 2.18. The molecular weight excluding hydrogens is 218 g/mol. The van der Waals surface area contributed by atoms with E-state index in [-0.39, 0.29) is 17.0 Å². The highest BCUT2D eigenvalue weighted by atomic mass is 16.3. The molecule has 0 atom stereocenters. The summed E-state index contributed by atoms with van der Waals surface area (Å²) in [7, 11) is 0. The molecule has 1 aromatic heterocycles. The third-order valence-electron chi connectivity index (χ3n) is 2.21. The molecule has 0 radical (unpaired) electrons. The fourth-order valence-corrected chi connectivity index (χ4v) is 1.49. The van der Waals surface area contributed by atoms with E-state index in [9.17, 15) is 4.79 Å². The Hall–Kier alpha value is -2.61. The zero-order chi connectivity index (χ0) is 12.4. The molecule has 0 unspecified atom stereocenters. The van der Waals surface area contributed by atoms with E-state index in [1.165, 1.54) is 6.92 Å². The van der Waals surface area contributed by atoms with E-state index in [0.29, 0.717) is 16.7 Å². The van der Waals surface area contributed by atoms with Crippen molar-refractivity contribution in [3.8, 4) is 6.07 Å². The number of rotatable bonds is 1. The number of benzene rings is 1. The molecule has 0 saturated heterocycles. The average molecular weight is 227 g/mol. The van der Waals surface area contributed by atoms with Crippen molar-refractivity contribution in [3.63, 3.8) is 0 Å². The molecule has 0 bridgehead atoms. The molecule has 0 saturated carbocycles. The summed E-state index contributed by atoms with van der Waals surface area (Å²) in [5, 5.41) is 19.6. The average Bonchev–Trinajstić information content (AvgIpc) is 2.27. The van der Waals surface area contributed by atoms with Gasteiger partial charge in [0.15, 0.2) is 0 Å². The van der Waals surface area contributed by atoms with E-state index < -0.39 is 0 Å². The Balaban J connectivity index is 2.60. The molecule has 2 aromatic rings. The van der Waals surface area contributed by atoms with Gasteiger partial charge in [0, 0.05) is 24.1 Å². The summed E-state index contributed by atoms with van der Waals surface area (Å²) in [6.07, 6.45) is 0. The van der Waals surface area contributed by atoms with Gasteiger partial charge in [0.2, 0.25) is 11.5 Å². The molecule has 1 aromatic carbocycles. The van der Waals surface area contributed by atoms with Crippen LogP contribution in [0.5, 0.6) is 0 Å². The molecular formula is C12H9N3O2. The molecule has 0 fully saturated rings. The number of nitrogens with one attached hydrogen (secondary N) is 2. The van der Waals surface area contributed by atoms with E-state index in [1.807, 2.05) is 6.07 Å². The Morgan fingerprint density at radius 1 is 1.47 bits per heavy atom. The number of fused-ring (bicyclic) bond motifs is 1. The minimum Gasteiger partial charge on any atom is -0.438 e. The van der Waals surface area contributed by atoms with Gasteiger partial charge in [0.1, 0.15) is 17.2 Å². The molecule has 5 nitrogen and oxygen atoms in total. The molecule has 0 spiro atoms. The highest BCUT2D eigenvalue weighted by Gasteiger charge is 2.03. The summed E-state index contributed by atoms with van der Waals surface area (Å²) in [6.45, 7) is 1.41. The van der Waals surface area contributed by atoms with Gasteiger partial charge >= 0.3 is 0 Å². The van der Waals surface area contributed by atoms with Crippen molar-refractivity contribution in [2.75, 3.05) is 5.32 Å². The van der Waals surface area contributed by atoms with Crippen molar-refractivity contribution in [2.45, 2.75) is 6.92 Å². The molecule has 2 rings (SSSR count). The summed E-state index contributed by atoms with van der Waals surface area (Å²) < 4.78 is 5.20. The third-order valence-corrected chi connectivity index (χ3v) is 2.21. The number of nitrogens with zero attached hydrogens (tertiary/aromatic N) is 1. The van der Waals surface area contributed by atoms with Crippen LogP contribution in [0.4, 0.5) is 5.69 Å². The van der Waals surface area contributed by atoms with Gasteiger partial charge < -0.3 is 9.73 Å². The number of anilines is 1. The summed E-state index contributed by atoms with van der Waals surface area (Å²) >= 11 is 0. The minimum atomic E-state index is -0.181. The van der Waals surface area contributed by atoms with Crippen LogP contribution in [0.2, 0.25) is 0 Å². The standard InChI is InChI=1S/C12H9N3O2/c1-7(16)15-10-3-2-8-4-9(6-13)12(14)17-11(8)5-10/h2-5,14H,1H3,(H,15,16). The van der Waals surface area contributed by atoms with Crippen LogP contribution in [0.25, 0.3) is 11.0 Å². The van der Waals surface area contributed by atoms with Crippen LogP contribution in [0.1, 0.15) is 12.5 Å². The maximum atomic E-state index is 10.9. The second-order valence-electron chi connectivity index (χ2n) is 3.53. The first-order chi connectivity index (χ1) is 8.10. The van der Waals surface area contributed by atoms with Gasteiger partial charge in [-0.1, -0.05) is 0 Å². The lowest BCUT2D eigenvalue weighted by molar-refractivity contribution is -0.114. The van der Waals surface area contributed by atoms with Crippen LogP contribution < -0.4 is 10.9 Å². The second kappa shape index (κ2) is 4.10. The van der Waals surface area contributed by atoms with Crippen LogP contribution in [0, 0.1) is 16.7 Å². The first-order valence-corrected chi connectivity index (χ1v) is 4.90. The van der Waals surface area contributed by atoms with E-state index in [2.05, 4.69) is 5.32 Å². The smallest absolute Gasteiger partial charge is 0.229 e. The van der Waals surface area contributed by atoms with E-state index in [1.54, 1.807) is 24.3 Å². The first kappa shape index (κ1) is 10.9. The van der Waals surface area contributed by atoms with Crippen LogP contribution in [-0.4, -0.2) is 5.91 Å². The third kappa shape index (κ3) is 2.16. The van der Waals surface area contributed by atoms with Crippen molar-refractivity contribution in [2.24, 2.45) is 0 Å². The van der Waals surface area contributed by atoms with Crippen LogP contribution in [0.15, 0.2) is 28.7 Å². The minimum absolute atomic E-state index is 0.177. The molecule has 5 heteroatoms. The Kier molecular flexibility index (Phi) is 2.63. The van der Waals surface area contributed by atoms with Crippen LogP contribution in [-0.2, 0) is 4.79 Å². The van der Waals surface area contributed by atoms with Crippen molar-refractivity contribution in [1.29, 1.82) is 10.7 Å². The van der Waals surface area contributed by atoms with Gasteiger partial charge in [-0.05, 0) is 18.2 Å². The van der Waals surface area contributed by atoms with Gasteiger partial charge in [0.25, 0.3) is 0 Å². The Morgan fingerprint density at radius 2 is 2.24 bits per heavy atom. The van der Waals surface area contributed by atoms with E-state index in [0.717, 1.165) is 0 Å². The normalized spacial score (nSPS) is 9.88. The van der Waals surface area contributed by atoms with Gasteiger partial charge in [0.05, 0.1) is 0 Å². The SMILES string of the molecule is CC(=O)Nc1ccc2cc(C#N)c(=N)oc2c1.